The molecule has 1 aromatic carbocycles. The van der Waals surface area contributed by atoms with Gasteiger partial charge in [-0.05, 0) is 12.1 Å². The maximum absolute atomic E-state index is 13.9. The van der Waals surface area contributed by atoms with Crippen LogP contribution in [0.15, 0.2) is 53.4 Å². The van der Waals surface area contributed by atoms with Crippen molar-refractivity contribution in [3.05, 3.63) is 71.8 Å². The maximum Gasteiger partial charge on any atom is 0.214 e. The average Bonchev–Trinajstić information content (AvgIpc) is 3.26. The molecular formula is C19H18FN7O2. The number of aromatic nitrogens is 3. The molecule has 148 valence electrons. The number of amides is 1. The van der Waals surface area contributed by atoms with Crippen molar-refractivity contribution in [2.75, 3.05) is 17.7 Å². The highest BCUT2D eigenvalue weighted by atomic mass is 19.1. The van der Waals surface area contributed by atoms with Gasteiger partial charge in [0.15, 0.2) is 11.6 Å². The van der Waals surface area contributed by atoms with Crippen LogP contribution in [0.5, 0.6) is 0 Å². The van der Waals surface area contributed by atoms with Gasteiger partial charge in [0.25, 0.3) is 0 Å². The second-order valence-corrected chi connectivity index (χ2v) is 5.98. The van der Waals surface area contributed by atoms with E-state index in [9.17, 15) is 9.18 Å². The highest BCUT2D eigenvalue weighted by Gasteiger charge is 2.13. The summed E-state index contributed by atoms with van der Waals surface area (Å²) < 4.78 is 18.8. The first-order chi connectivity index (χ1) is 14.0. The lowest BCUT2D eigenvalue weighted by Gasteiger charge is -2.13. The van der Waals surface area contributed by atoms with E-state index in [0.29, 0.717) is 29.1 Å². The third kappa shape index (κ3) is 4.61. The molecule has 0 saturated carbocycles. The zero-order valence-electron chi connectivity index (χ0n) is 15.5. The van der Waals surface area contributed by atoms with Gasteiger partial charge in [-0.3, -0.25) is 10.2 Å². The monoisotopic (exact) mass is 395 g/mol. The van der Waals surface area contributed by atoms with Gasteiger partial charge in [-0.15, -0.1) is 0 Å². The molecule has 0 unspecified atom stereocenters. The lowest BCUT2D eigenvalue weighted by Crippen LogP contribution is -2.18. The first-order valence-electron chi connectivity index (χ1n) is 8.49. The van der Waals surface area contributed by atoms with Gasteiger partial charge in [0.2, 0.25) is 6.41 Å². The van der Waals surface area contributed by atoms with E-state index in [-0.39, 0.29) is 29.7 Å². The molecule has 29 heavy (non-hydrogen) atoms. The SMILES string of the molecule is CN(C=O)c1cnc(C(=N)/C=C(\NCc2ccccc2F)c2ccon2)nc1N. The molecule has 10 heteroatoms. The topological polar surface area (TPSA) is 134 Å². The minimum atomic E-state index is -0.347. The van der Waals surface area contributed by atoms with Crippen molar-refractivity contribution in [1.29, 1.82) is 5.41 Å². The van der Waals surface area contributed by atoms with Crippen LogP contribution in [-0.4, -0.2) is 34.3 Å². The van der Waals surface area contributed by atoms with Gasteiger partial charge >= 0.3 is 0 Å². The number of carbonyl (C=O) groups is 1. The summed E-state index contributed by atoms with van der Waals surface area (Å²) in [7, 11) is 1.52. The van der Waals surface area contributed by atoms with E-state index in [1.807, 2.05) is 0 Å². The smallest absolute Gasteiger partial charge is 0.214 e. The molecule has 2 aromatic heterocycles. The quantitative estimate of drug-likeness (QED) is 0.392. The average molecular weight is 395 g/mol. The lowest BCUT2D eigenvalue weighted by atomic mass is 10.2. The molecule has 3 aromatic rings. The standard InChI is InChI=1S/C19H18FN7O2/c1-27(11-28)17-10-24-19(25-18(17)22)14(21)8-16(15-6-7-29-26-15)23-9-12-4-2-3-5-13(12)20/h2-8,10-11,21,23H,9H2,1H3,(H2,22,24,25)/b16-8-,21-14?. The van der Waals surface area contributed by atoms with Crippen LogP contribution in [0.3, 0.4) is 0 Å². The highest BCUT2D eigenvalue weighted by Crippen LogP contribution is 2.18. The number of hydrogen-bond acceptors (Lipinski definition) is 8. The van der Waals surface area contributed by atoms with Crippen LogP contribution in [0.25, 0.3) is 5.70 Å². The molecule has 0 fully saturated rings. The number of benzene rings is 1. The number of halogens is 1. The van der Waals surface area contributed by atoms with Crippen LogP contribution in [0.4, 0.5) is 15.9 Å². The number of anilines is 2. The Kier molecular flexibility index (Phi) is 5.93. The van der Waals surface area contributed by atoms with Crippen LogP contribution in [0.2, 0.25) is 0 Å². The van der Waals surface area contributed by atoms with Crippen LogP contribution < -0.4 is 16.0 Å². The van der Waals surface area contributed by atoms with Crippen LogP contribution in [0, 0.1) is 11.2 Å². The summed E-state index contributed by atoms with van der Waals surface area (Å²) in [5.41, 5.74) is 7.43. The zero-order valence-corrected chi connectivity index (χ0v) is 15.5. The predicted molar refractivity (Wildman–Crippen MR) is 105 cm³/mol. The van der Waals surface area contributed by atoms with Gasteiger partial charge < -0.3 is 20.5 Å². The van der Waals surface area contributed by atoms with Crippen molar-refractivity contribution in [3.63, 3.8) is 0 Å². The van der Waals surface area contributed by atoms with Crippen molar-refractivity contribution >= 4 is 29.3 Å². The Balaban J connectivity index is 1.86. The van der Waals surface area contributed by atoms with Crippen molar-refractivity contribution in [1.82, 2.24) is 20.4 Å². The zero-order chi connectivity index (χ0) is 20.8. The summed E-state index contributed by atoms with van der Waals surface area (Å²) >= 11 is 0. The van der Waals surface area contributed by atoms with E-state index in [1.54, 1.807) is 24.3 Å². The van der Waals surface area contributed by atoms with Crippen molar-refractivity contribution in [3.8, 4) is 0 Å². The van der Waals surface area contributed by atoms with Crippen LogP contribution in [0.1, 0.15) is 17.1 Å². The van der Waals surface area contributed by atoms with Gasteiger partial charge in [-0.1, -0.05) is 23.4 Å². The van der Waals surface area contributed by atoms with E-state index < -0.39 is 0 Å². The molecule has 1 amide bonds. The molecule has 2 heterocycles. The Bertz CT molecular complexity index is 1050. The molecule has 0 aliphatic rings. The van der Waals surface area contributed by atoms with Crippen molar-refractivity contribution < 1.29 is 13.7 Å². The second kappa shape index (κ2) is 8.74. The van der Waals surface area contributed by atoms with Crippen LogP contribution in [-0.2, 0) is 11.3 Å². The van der Waals surface area contributed by atoms with Crippen LogP contribution >= 0.6 is 0 Å². The largest absolute Gasteiger partial charge is 0.382 e. The summed E-state index contributed by atoms with van der Waals surface area (Å²) in [5.74, 6) is -0.232. The molecule has 0 atom stereocenters. The molecule has 3 rings (SSSR count). The van der Waals surface area contributed by atoms with Gasteiger partial charge in [0, 0.05) is 25.2 Å². The number of nitrogen functional groups attached to an aromatic ring is 1. The maximum atomic E-state index is 13.9. The molecule has 0 bridgehead atoms. The molecule has 0 radical (unpaired) electrons. The Morgan fingerprint density at radius 2 is 2.17 bits per heavy atom. The first-order valence-corrected chi connectivity index (χ1v) is 8.49. The number of allylic oxidation sites excluding steroid dienone is 1. The first kappa shape index (κ1) is 19.7. The van der Waals surface area contributed by atoms with Gasteiger partial charge in [0.1, 0.15) is 29.2 Å². The fourth-order valence-electron chi connectivity index (χ4n) is 2.46. The summed E-state index contributed by atoms with van der Waals surface area (Å²) in [6.07, 6.45) is 4.76. The normalized spacial score (nSPS) is 11.2. The summed E-state index contributed by atoms with van der Waals surface area (Å²) in [6, 6.07) is 7.96. The fraction of sp³-hybridized carbons (Fsp3) is 0.105. The van der Waals surface area contributed by atoms with E-state index in [4.69, 9.17) is 15.7 Å². The van der Waals surface area contributed by atoms with Gasteiger partial charge in [-0.2, -0.15) is 0 Å². The summed E-state index contributed by atoms with van der Waals surface area (Å²) in [5, 5.41) is 15.2. The number of nitrogens with zero attached hydrogens (tertiary/aromatic N) is 4. The molecule has 0 aliphatic carbocycles. The number of nitrogens with two attached hydrogens (primary N) is 1. The van der Waals surface area contributed by atoms with Crippen molar-refractivity contribution in [2.24, 2.45) is 0 Å². The van der Waals surface area contributed by atoms with Gasteiger partial charge in [-0.25, -0.2) is 14.4 Å². The minimum Gasteiger partial charge on any atom is -0.382 e. The molecule has 9 nitrogen and oxygen atoms in total. The number of hydrogen-bond donors (Lipinski definition) is 3. The minimum absolute atomic E-state index is 0.0548. The molecular weight excluding hydrogens is 377 g/mol. The lowest BCUT2D eigenvalue weighted by molar-refractivity contribution is -0.107. The Morgan fingerprint density at radius 1 is 1.38 bits per heavy atom. The second-order valence-electron chi connectivity index (χ2n) is 5.98. The molecule has 0 spiro atoms. The Hall–Kier alpha value is -4.08. The van der Waals surface area contributed by atoms with Crippen molar-refractivity contribution in [2.45, 2.75) is 6.54 Å². The van der Waals surface area contributed by atoms with E-state index in [0.717, 1.165) is 0 Å². The summed E-state index contributed by atoms with van der Waals surface area (Å²) in [6.45, 7) is 0.171. The number of nitrogens with one attached hydrogen (secondary N) is 2. The fourth-order valence-corrected chi connectivity index (χ4v) is 2.46. The predicted octanol–water partition coefficient (Wildman–Crippen LogP) is 1.98. The highest BCUT2D eigenvalue weighted by molar-refractivity contribution is 6.08. The molecule has 4 N–H and O–H groups in total. The van der Waals surface area contributed by atoms with E-state index >= 15 is 0 Å². The van der Waals surface area contributed by atoms with E-state index in [2.05, 4.69) is 20.4 Å². The summed E-state index contributed by atoms with van der Waals surface area (Å²) in [4.78, 5) is 20.3. The molecule has 0 aliphatic heterocycles. The van der Waals surface area contributed by atoms with Gasteiger partial charge in [0.05, 0.1) is 11.9 Å². The number of carbonyl (C=O) groups excluding carboxylic acids is 1. The Morgan fingerprint density at radius 3 is 2.83 bits per heavy atom. The third-order valence-electron chi connectivity index (χ3n) is 4.01. The van der Waals surface area contributed by atoms with E-state index in [1.165, 1.54) is 36.5 Å². The number of rotatable bonds is 8. The molecule has 0 saturated heterocycles. The third-order valence-corrected chi connectivity index (χ3v) is 4.01. The Labute approximate surface area is 165 Å².